The summed E-state index contributed by atoms with van der Waals surface area (Å²) in [6, 6.07) is 20.8. The molecule has 3 aromatic carbocycles. The molecule has 12 heteroatoms. The molecule has 8 nitrogen and oxygen atoms in total. The van der Waals surface area contributed by atoms with E-state index in [9.17, 15) is 22.8 Å². The van der Waals surface area contributed by atoms with Crippen molar-refractivity contribution in [3.05, 3.63) is 90.3 Å². The van der Waals surface area contributed by atoms with E-state index in [1.54, 1.807) is 4.90 Å². The van der Waals surface area contributed by atoms with Gasteiger partial charge in [0.2, 0.25) is 11.8 Å². The fourth-order valence-corrected chi connectivity index (χ4v) is 5.73. The van der Waals surface area contributed by atoms with Crippen LogP contribution < -0.4 is 9.64 Å². The lowest BCUT2D eigenvalue weighted by Crippen LogP contribution is -2.30. The van der Waals surface area contributed by atoms with Crippen LogP contribution in [0.2, 0.25) is 0 Å². The third-order valence-corrected chi connectivity index (χ3v) is 8.00. The maximum Gasteiger partial charge on any atom is 0.573 e. The molecule has 1 atom stereocenters. The number of benzene rings is 3. The maximum atomic E-state index is 12.8. The van der Waals surface area contributed by atoms with Crippen LogP contribution in [-0.4, -0.2) is 43.9 Å². The number of hydrogen-bond acceptors (Lipinski definition) is 6. The molecule has 1 saturated heterocycles. The van der Waals surface area contributed by atoms with E-state index >= 15 is 0 Å². The predicted molar refractivity (Wildman–Crippen MR) is 164 cm³/mol. The second kappa shape index (κ2) is 13.5. The fraction of sp³-hybridized carbons (Fsp3) is 0.281. The number of aromatic nitrogens is 3. The molecule has 4 aromatic rings. The zero-order valence-corrected chi connectivity index (χ0v) is 24.9. The van der Waals surface area contributed by atoms with Gasteiger partial charge in [0, 0.05) is 12.0 Å². The molecule has 0 aliphatic carbocycles. The number of nitrogens with zero attached hydrogens (tertiary/aromatic N) is 5. The van der Waals surface area contributed by atoms with Gasteiger partial charge in [-0.3, -0.25) is 14.5 Å². The van der Waals surface area contributed by atoms with E-state index in [0.717, 1.165) is 35.2 Å². The molecule has 1 aliphatic rings. The number of alkyl halides is 3. The lowest BCUT2D eigenvalue weighted by molar-refractivity contribution is -0.274. The quantitative estimate of drug-likeness (QED) is 0.189. The summed E-state index contributed by atoms with van der Waals surface area (Å²) in [6.45, 7) is 4.11. The molecule has 1 aromatic heterocycles. The monoisotopic (exact) mass is 621 g/mol. The Balaban J connectivity index is 1.15. The molecule has 1 aliphatic heterocycles. The molecule has 2 amide bonds. The van der Waals surface area contributed by atoms with Gasteiger partial charge in [-0.1, -0.05) is 68.1 Å². The van der Waals surface area contributed by atoms with Crippen LogP contribution >= 0.6 is 11.8 Å². The molecular formula is C32H30F3N5O3S. The lowest BCUT2D eigenvalue weighted by Gasteiger charge is -2.19. The van der Waals surface area contributed by atoms with Crippen LogP contribution in [0, 0.1) is 5.92 Å². The summed E-state index contributed by atoms with van der Waals surface area (Å²) in [5.74, 6) is 0.335. The van der Waals surface area contributed by atoms with Gasteiger partial charge in [0.25, 0.3) is 0 Å². The third-order valence-electron chi connectivity index (χ3n) is 7.07. The van der Waals surface area contributed by atoms with Crippen LogP contribution in [-0.2, 0) is 22.4 Å². The van der Waals surface area contributed by atoms with Gasteiger partial charge in [0.05, 0.1) is 17.1 Å². The van der Waals surface area contributed by atoms with E-state index in [1.807, 2.05) is 55.5 Å². The number of aryl methyl sites for hydroxylation is 1. The van der Waals surface area contributed by atoms with Crippen LogP contribution in [0.4, 0.5) is 18.9 Å². The van der Waals surface area contributed by atoms with Gasteiger partial charge in [0.1, 0.15) is 12.1 Å². The molecule has 5 rings (SSSR count). The minimum atomic E-state index is -4.75. The predicted octanol–water partition coefficient (Wildman–Crippen LogP) is 7.02. The van der Waals surface area contributed by atoms with Crippen LogP contribution in [0.3, 0.4) is 0 Å². The average Bonchev–Trinajstić information content (AvgIpc) is 3.63. The normalized spacial score (nSPS) is 15.2. The van der Waals surface area contributed by atoms with Gasteiger partial charge >= 0.3 is 6.36 Å². The Morgan fingerprint density at radius 3 is 2.50 bits per heavy atom. The van der Waals surface area contributed by atoms with E-state index in [1.165, 1.54) is 47.0 Å². The zero-order valence-electron chi connectivity index (χ0n) is 24.1. The number of carbonyl (C=O) groups is 2. The Morgan fingerprint density at radius 2 is 1.80 bits per heavy atom. The zero-order chi connectivity index (χ0) is 31.3. The summed E-state index contributed by atoms with van der Waals surface area (Å²) in [5, 5.41) is 4.88. The number of amides is 2. The number of hydrogen-bond donors (Lipinski definition) is 0. The smallest absolute Gasteiger partial charge is 0.406 e. The van der Waals surface area contributed by atoms with Crippen LogP contribution in [0.15, 0.2) is 84.1 Å². The highest BCUT2D eigenvalue weighted by Gasteiger charge is 2.32. The molecule has 0 radical (unpaired) electrons. The van der Waals surface area contributed by atoms with Gasteiger partial charge in [-0.15, -0.1) is 18.3 Å². The highest BCUT2D eigenvalue weighted by Crippen LogP contribution is 2.30. The van der Waals surface area contributed by atoms with Gasteiger partial charge in [-0.25, -0.2) is 9.67 Å². The van der Waals surface area contributed by atoms with Crippen LogP contribution in [0.5, 0.6) is 5.75 Å². The summed E-state index contributed by atoms with van der Waals surface area (Å²) in [6.07, 6.45) is -0.786. The van der Waals surface area contributed by atoms with Crippen molar-refractivity contribution >= 4 is 34.4 Å². The van der Waals surface area contributed by atoms with Gasteiger partial charge in [-0.05, 0) is 66.6 Å². The number of anilines is 1. The number of aliphatic imine (C=N–C) groups is 1. The highest BCUT2D eigenvalue weighted by molar-refractivity contribution is 8.15. The number of halogens is 3. The first-order valence-electron chi connectivity index (χ1n) is 14.1. The van der Waals surface area contributed by atoms with E-state index in [2.05, 4.69) is 26.7 Å². The van der Waals surface area contributed by atoms with Gasteiger partial charge in [-0.2, -0.15) is 4.99 Å². The molecule has 44 heavy (non-hydrogen) atoms. The Morgan fingerprint density at radius 1 is 1.07 bits per heavy atom. The Kier molecular flexibility index (Phi) is 9.48. The second-order valence-electron chi connectivity index (χ2n) is 10.4. The van der Waals surface area contributed by atoms with Gasteiger partial charge in [0.15, 0.2) is 11.0 Å². The molecule has 0 bridgehead atoms. The van der Waals surface area contributed by atoms with Crippen molar-refractivity contribution in [1.29, 1.82) is 0 Å². The molecular weight excluding hydrogens is 591 g/mol. The number of carbonyl (C=O) groups excluding carboxylic acids is 2. The molecule has 0 saturated carbocycles. The molecule has 1 fully saturated rings. The van der Waals surface area contributed by atoms with Crippen LogP contribution in [0.1, 0.15) is 37.8 Å². The third kappa shape index (κ3) is 7.73. The second-order valence-corrected chi connectivity index (χ2v) is 11.3. The molecule has 0 spiro atoms. The van der Waals surface area contributed by atoms with Crippen molar-refractivity contribution in [3.8, 4) is 22.8 Å². The minimum absolute atomic E-state index is 0.0742. The summed E-state index contributed by atoms with van der Waals surface area (Å²) >= 11 is 1.29. The van der Waals surface area contributed by atoms with E-state index in [4.69, 9.17) is 0 Å². The topological polar surface area (TPSA) is 89.7 Å². The lowest BCUT2D eigenvalue weighted by atomic mass is 9.96. The molecule has 2 heterocycles. The van der Waals surface area contributed by atoms with Crippen molar-refractivity contribution in [2.75, 3.05) is 10.7 Å². The van der Waals surface area contributed by atoms with E-state index in [-0.39, 0.29) is 35.7 Å². The fourth-order valence-electron chi connectivity index (χ4n) is 4.86. The van der Waals surface area contributed by atoms with Crippen molar-refractivity contribution in [2.24, 2.45) is 10.9 Å². The summed E-state index contributed by atoms with van der Waals surface area (Å²) < 4.78 is 42.6. The van der Waals surface area contributed by atoms with Crippen molar-refractivity contribution in [3.63, 3.8) is 0 Å². The van der Waals surface area contributed by atoms with Crippen molar-refractivity contribution < 1.29 is 27.5 Å². The Bertz CT molecular complexity index is 1650. The summed E-state index contributed by atoms with van der Waals surface area (Å²) in [4.78, 5) is 35.6. The highest BCUT2D eigenvalue weighted by atomic mass is 32.2. The van der Waals surface area contributed by atoms with Gasteiger partial charge < -0.3 is 4.74 Å². The Labute approximate surface area is 257 Å². The minimum Gasteiger partial charge on any atom is -0.406 e. The first kappa shape index (κ1) is 31.0. The number of thioether (sulfide) groups is 1. The van der Waals surface area contributed by atoms with E-state index < -0.39 is 6.36 Å². The summed E-state index contributed by atoms with van der Waals surface area (Å²) in [5.41, 5.74) is 4.24. The van der Waals surface area contributed by atoms with E-state index in [0.29, 0.717) is 23.1 Å². The molecule has 0 N–H and O–H groups in total. The number of para-hydroxylation sites is 1. The number of ether oxygens (including phenoxy) is 1. The number of rotatable bonds is 10. The first-order chi connectivity index (χ1) is 21.1. The molecule has 228 valence electrons. The maximum absolute atomic E-state index is 12.8. The standard InChI is InChI=1S/C32H30F3N5O3S/c1-3-23-6-4-5-7-27(23)40-29(42)19-44-31(40)37-28(41)17-8-21(2)18-22-9-11-24(12-10-22)30-36-20-39(38-30)25-13-15-26(16-14-25)43-32(33,34)35/h4-7,9-16,20-21H,3,8,17-19H2,1-2H3. The van der Waals surface area contributed by atoms with Crippen molar-refractivity contribution in [1.82, 2.24) is 14.8 Å². The average molecular weight is 622 g/mol. The van der Waals surface area contributed by atoms with Crippen LogP contribution in [0.25, 0.3) is 17.1 Å². The molecule has 1 unspecified atom stereocenters. The largest absolute Gasteiger partial charge is 0.573 e. The van der Waals surface area contributed by atoms with Crippen molar-refractivity contribution in [2.45, 2.75) is 45.9 Å². The first-order valence-corrected chi connectivity index (χ1v) is 15.1. The number of amidine groups is 1. The SMILES string of the molecule is CCc1ccccc1N1C(=O)CSC1=NC(=O)CCC(C)Cc1ccc(-c2ncn(-c3ccc(OC(F)(F)F)cc3)n2)cc1. The Hall–Kier alpha value is -4.45. The summed E-state index contributed by atoms with van der Waals surface area (Å²) in [7, 11) is 0.